The molecular weight excluding hydrogens is 260 g/mol. The maximum atomic E-state index is 6.61. The number of fused-ring (bicyclic) bond motifs is 1. The summed E-state index contributed by atoms with van der Waals surface area (Å²) in [5, 5.41) is 1.14. The van der Waals surface area contributed by atoms with Gasteiger partial charge in [0.15, 0.2) is 0 Å². The number of hydrogen-bond donors (Lipinski definition) is 1. The molecule has 1 heterocycles. The molecule has 2 aromatic rings. The number of rotatable bonds is 3. The number of hydrogen-bond acceptors (Lipinski definition) is 3. The Balaban J connectivity index is 1.95. The molecule has 3 rings (SSSR count). The Kier molecular flexibility index (Phi) is 4.22. The van der Waals surface area contributed by atoms with Crippen molar-refractivity contribution in [3.05, 3.63) is 42.1 Å². The molecule has 3 heteroatoms. The number of methoxy groups -OCH3 is 1. The summed E-state index contributed by atoms with van der Waals surface area (Å²) in [5.74, 6) is 0. The highest BCUT2D eigenvalue weighted by atomic mass is 16.5. The molecule has 0 saturated heterocycles. The number of benzene rings is 1. The summed E-state index contributed by atoms with van der Waals surface area (Å²) < 4.78 is 5.93. The predicted octanol–water partition coefficient (Wildman–Crippen LogP) is 3.97. The molecule has 1 saturated carbocycles. The van der Waals surface area contributed by atoms with Gasteiger partial charge in [-0.25, -0.2) is 0 Å². The topological polar surface area (TPSA) is 48.1 Å². The first-order chi connectivity index (χ1) is 10.2. The number of pyridine rings is 1. The SMILES string of the molecule is COC1(C(N)c2cnc3ccccc3c2)CCCCCC1. The first-order valence-electron chi connectivity index (χ1n) is 7.91. The van der Waals surface area contributed by atoms with Gasteiger partial charge < -0.3 is 10.5 Å². The second-order valence-electron chi connectivity index (χ2n) is 6.12. The summed E-state index contributed by atoms with van der Waals surface area (Å²) in [7, 11) is 1.81. The molecule has 21 heavy (non-hydrogen) atoms. The third-order valence-electron chi connectivity index (χ3n) is 4.89. The van der Waals surface area contributed by atoms with E-state index in [4.69, 9.17) is 10.5 Å². The van der Waals surface area contributed by atoms with E-state index in [1.165, 1.54) is 25.7 Å². The Hall–Kier alpha value is -1.45. The van der Waals surface area contributed by atoms with Gasteiger partial charge in [0, 0.05) is 18.7 Å². The summed E-state index contributed by atoms with van der Waals surface area (Å²) in [6.07, 6.45) is 8.96. The predicted molar refractivity (Wildman–Crippen MR) is 86.1 cm³/mol. The standard InChI is InChI=1S/C18H24N2O/c1-21-18(10-6-2-3-7-11-18)17(19)15-12-14-8-4-5-9-16(14)20-13-15/h4-5,8-9,12-13,17H,2-3,6-7,10-11,19H2,1H3. The molecule has 0 amide bonds. The average Bonchev–Trinajstić information content (AvgIpc) is 2.80. The van der Waals surface area contributed by atoms with E-state index in [1.54, 1.807) is 7.11 Å². The minimum atomic E-state index is -0.235. The highest BCUT2D eigenvalue weighted by Gasteiger charge is 2.38. The van der Waals surface area contributed by atoms with Gasteiger partial charge in [-0.2, -0.15) is 0 Å². The highest BCUT2D eigenvalue weighted by molar-refractivity contribution is 5.78. The molecule has 3 nitrogen and oxygen atoms in total. The normalized spacial score (nSPS) is 20.1. The van der Waals surface area contributed by atoms with Crippen LogP contribution in [0.5, 0.6) is 0 Å². The maximum absolute atomic E-state index is 6.61. The van der Waals surface area contributed by atoms with Crippen molar-refractivity contribution in [1.82, 2.24) is 4.98 Å². The lowest BCUT2D eigenvalue weighted by atomic mass is 9.83. The van der Waals surface area contributed by atoms with E-state index in [0.717, 1.165) is 29.3 Å². The lowest BCUT2D eigenvalue weighted by molar-refractivity contribution is -0.0442. The molecule has 0 aliphatic heterocycles. The van der Waals surface area contributed by atoms with E-state index in [1.807, 2.05) is 24.4 Å². The number of aromatic nitrogens is 1. The van der Waals surface area contributed by atoms with E-state index < -0.39 is 0 Å². The fraction of sp³-hybridized carbons (Fsp3) is 0.500. The smallest absolute Gasteiger partial charge is 0.0871 e. The summed E-state index contributed by atoms with van der Waals surface area (Å²) in [4.78, 5) is 4.55. The lowest BCUT2D eigenvalue weighted by Crippen LogP contribution is -2.42. The van der Waals surface area contributed by atoms with Crippen molar-refractivity contribution in [3.63, 3.8) is 0 Å². The van der Waals surface area contributed by atoms with Crippen molar-refractivity contribution in [3.8, 4) is 0 Å². The van der Waals surface area contributed by atoms with Crippen molar-refractivity contribution in [2.75, 3.05) is 7.11 Å². The van der Waals surface area contributed by atoms with Crippen LogP contribution in [0.3, 0.4) is 0 Å². The van der Waals surface area contributed by atoms with Crippen molar-refractivity contribution in [2.24, 2.45) is 5.73 Å². The fourth-order valence-electron chi connectivity index (χ4n) is 3.53. The average molecular weight is 284 g/mol. The van der Waals surface area contributed by atoms with Crippen LogP contribution in [0.15, 0.2) is 36.5 Å². The van der Waals surface area contributed by atoms with Gasteiger partial charge >= 0.3 is 0 Å². The molecule has 112 valence electrons. The molecule has 0 bridgehead atoms. The van der Waals surface area contributed by atoms with Gasteiger partial charge in [-0.3, -0.25) is 4.98 Å². The third-order valence-corrected chi connectivity index (χ3v) is 4.89. The minimum Gasteiger partial charge on any atom is -0.376 e. The van der Waals surface area contributed by atoms with Crippen molar-refractivity contribution >= 4 is 10.9 Å². The van der Waals surface area contributed by atoms with Crippen LogP contribution >= 0.6 is 0 Å². The molecule has 1 atom stereocenters. The van der Waals surface area contributed by atoms with Crippen LogP contribution < -0.4 is 5.73 Å². The van der Waals surface area contributed by atoms with Crippen LogP contribution in [-0.2, 0) is 4.74 Å². The van der Waals surface area contributed by atoms with Gasteiger partial charge in [-0.1, -0.05) is 43.9 Å². The zero-order chi connectivity index (χ0) is 14.7. The van der Waals surface area contributed by atoms with Crippen LogP contribution in [0.25, 0.3) is 10.9 Å². The molecule has 1 unspecified atom stereocenters. The lowest BCUT2D eigenvalue weighted by Gasteiger charge is -2.37. The minimum absolute atomic E-state index is 0.113. The number of para-hydroxylation sites is 1. The van der Waals surface area contributed by atoms with Gasteiger partial charge in [0.1, 0.15) is 0 Å². The van der Waals surface area contributed by atoms with Crippen LogP contribution in [0.2, 0.25) is 0 Å². The van der Waals surface area contributed by atoms with Gasteiger partial charge in [0.2, 0.25) is 0 Å². The zero-order valence-electron chi connectivity index (χ0n) is 12.7. The van der Waals surface area contributed by atoms with Crippen LogP contribution in [0, 0.1) is 0 Å². The van der Waals surface area contributed by atoms with Crippen molar-refractivity contribution < 1.29 is 4.74 Å². The zero-order valence-corrected chi connectivity index (χ0v) is 12.7. The molecule has 1 aliphatic carbocycles. The fourth-order valence-corrected chi connectivity index (χ4v) is 3.53. The molecule has 0 spiro atoms. The van der Waals surface area contributed by atoms with Crippen LogP contribution in [0.4, 0.5) is 0 Å². The van der Waals surface area contributed by atoms with Crippen molar-refractivity contribution in [2.45, 2.75) is 50.2 Å². The second kappa shape index (κ2) is 6.12. The van der Waals surface area contributed by atoms with Gasteiger partial charge in [0.25, 0.3) is 0 Å². The molecule has 2 N–H and O–H groups in total. The van der Waals surface area contributed by atoms with E-state index in [0.29, 0.717) is 0 Å². The summed E-state index contributed by atoms with van der Waals surface area (Å²) in [6, 6.07) is 10.2. The Morgan fingerprint density at radius 2 is 1.86 bits per heavy atom. The Bertz CT molecular complexity index is 603. The van der Waals surface area contributed by atoms with Crippen molar-refractivity contribution in [1.29, 1.82) is 0 Å². The quantitative estimate of drug-likeness (QED) is 0.867. The second-order valence-corrected chi connectivity index (χ2v) is 6.12. The number of nitrogens with two attached hydrogens (primary N) is 1. The third kappa shape index (κ3) is 2.81. The Labute approximate surface area is 126 Å². The summed E-state index contributed by atoms with van der Waals surface area (Å²) in [6.45, 7) is 0. The Morgan fingerprint density at radius 1 is 1.14 bits per heavy atom. The van der Waals surface area contributed by atoms with Gasteiger partial charge in [0.05, 0.1) is 17.2 Å². The summed E-state index contributed by atoms with van der Waals surface area (Å²) in [5.41, 5.74) is 8.47. The van der Waals surface area contributed by atoms with E-state index in [9.17, 15) is 0 Å². The maximum Gasteiger partial charge on any atom is 0.0871 e. The van der Waals surface area contributed by atoms with Gasteiger partial charge in [-0.15, -0.1) is 0 Å². The van der Waals surface area contributed by atoms with Gasteiger partial charge in [-0.05, 0) is 30.5 Å². The van der Waals surface area contributed by atoms with E-state index in [2.05, 4.69) is 17.1 Å². The van der Waals surface area contributed by atoms with E-state index in [-0.39, 0.29) is 11.6 Å². The van der Waals surface area contributed by atoms with E-state index >= 15 is 0 Å². The molecule has 1 aliphatic rings. The molecular formula is C18H24N2O. The monoisotopic (exact) mass is 284 g/mol. The summed E-state index contributed by atoms with van der Waals surface area (Å²) >= 11 is 0. The molecule has 0 radical (unpaired) electrons. The first kappa shape index (κ1) is 14.5. The number of nitrogens with zero attached hydrogens (tertiary/aromatic N) is 1. The molecule has 1 fully saturated rings. The molecule has 1 aromatic heterocycles. The number of ether oxygens (including phenoxy) is 1. The van der Waals surface area contributed by atoms with Crippen LogP contribution in [-0.4, -0.2) is 17.7 Å². The Morgan fingerprint density at radius 3 is 2.57 bits per heavy atom. The first-order valence-corrected chi connectivity index (χ1v) is 7.91. The highest BCUT2D eigenvalue weighted by Crippen LogP contribution is 2.39. The van der Waals surface area contributed by atoms with Crippen LogP contribution in [0.1, 0.15) is 50.1 Å². The molecule has 1 aromatic carbocycles. The largest absolute Gasteiger partial charge is 0.376 e.